The average molecular weight is 261 g/mol. The van der Waals surface area contributed by atoms with Crippen molar-refractivity contribution in [3.63, 3.8) is 0 Å². The first-order valence-corrected chi connectivity index (χ1v) is 4.93. The molecule has 1 heterocycles. The molecule has 1 rings (SSSR count). The van der Waals surface area contributed by atoms with Crippen LogP contribution >= 0.6 is 11.5 Å². The lowest BCUT2D eigenvalue weighted by Gasteiger charge is -2.11. The molecule has 10 nitrogen and oxygen atoms in total. The summed E-state index contributed by atoms with van der Waals surface area (Å²) in [6, 6.07) is -2.41. The summed E-state index contributed by atoms with van der Waals surface area (Å²) in [7, 11) is 0. The van der Waals surface area contributed by atoms with Gasteiger partial charge in [0.1, 0.15) is 6.04 Å². The fraction of sp³-hybridized carbons (Fsp3) is 0.333. The van der Waals surface area contributed by atoms with E-state index in [0.29, 0.717) is 0 Å². The van der Waals surface area contributed by atoms with Gasteiger partial charge in [-0.05, 0) is 5.21 Å². The highest BCUT2D eigenvalue weighted by Gasteiger charge is 2.23. The lowest BCUT2D eigenvalue weighted by atomic mass is 10.2. The molecule has 92 valence electrons. The first-order valence-electron chi connectivity index (χ1n) is 4.16. The topological polar surface area (TPSA) is 154 Å². The largest absolute Gasteiger partial charge is 0.481 e. The summed E-state index contributed by atoms with van der Waals surface area (Å²) in [5, 5.41) is 27.9. The summed E-state index contributed by atoms with van der Waals surface area (Å²) >= 11 is 0.793. The molecule has 0 unspecified atom stereocenters. The Balaban J connectivity index is 2.52. The number of anilines is 1. The van der Waals surface area contributed by atoms with Crippen molar-refractivity contribution >= 4 is 34.6 Å². The molecule has 0 aliphatic carbocycles. The van der Waals surface area contributed by atoms with Crippen molar-refractivity contribution in [2.75, 3.05) is 5.32 Å². The second-order valence-corrected chi connectivity index (χ2v) is 3.49. The minimum Gasteiger partial charge on any atom is -0.481 e. The van der Waals surface area contributed by atoms with Crippen LogP contribution in [-0.4, -0.2) is 49.0 Å². The highest BCUT2D eigenvalue weighted by atomic mass is 32.1. The zero-order valence-corrected chi connectivity index (χ0v) is 8.97. The van der Waals surface area contributed by atoms with Gasteiger partial charge < -0.3 is 15.5 Å². The summed E-state index contributed by atoms with van der Waals surface area (Å²) in [6.07, 6.45) is -0.725. The number of nitrogens with one attached hydrogen (secondary N) is 2. The smallest absolute Gasteiger partial charge is 0.326 e. The molecule has 17 heavy (non-hydrogen) atoms. The number of aromatic nitrogens is 3. The third-order valence-corrected chi connectivity index (χ3v) is 2.01. The Labute approximate surface area is 97.8 Å². The molecule has 0 fully saturated rings. The second-order valence-electron chi connectivity index (χ2n) is 2.75. The van der Waals surface area contributed by atoms with E-state index in [4.69, 9.17) is 10.2 Å². The molecule has 0 bridgehead atoms. The molecular weight excluding hydrogens is 254 g/mol. The molecule has 0 aliphatic heterocycles. The lowest BCUT2D eigenvalue weighted by molar-refractivity contribution is -0.145. The van der Waals surface area contributed by atoms with Gasteiger partial charge in [0.05, 0.1) is 6.42 Å². The monoisotopic (exact) mass is 261 g/mol. The number of carboxylic acids is 2. The molecule has 4 N–H and O–H groups in total. The van der Waals surface area contributed by atoms with Crippen molar-refractivity contribution in [3.05, 3.63) is 0 Å². The van der Waals surface area contributed by atoms with E-state index >= 15 is 0 Å². The Morgan fingerprint density at radius 3 is 2.53 bits per heavy atom. The fourth-order valence-electron chi connectivity index (χ4n) is 0.848. The van der Waals surface area contributed by atoms with E-state index in [0.717, 1.165) is 11.5 Å². The predicted octanol–water partition coefficient (Wildman–Crippen LogP) is -1.02. The highest BCUT2D eigenvalue weighted by Crippen LogP contribution is 2.04. The Hall–Kier alpha value is -2.30. The number of carbonyl (C=O) groups excluding carboxylic acids is 1. The standard InChI is InChI=1S/C6H7N5O5S/c12-3(13)1-2(4(14)15)7-5(16)8-6-9-10-11-17-6/h2H,1H2,(H,12,13)(H,14,15)(H2,7,8,9,11,16)/t2-/m0/s1. The Morgan fingerprint density at radius 2 is 2.06 bits per heavy atom. The number of rotatable bonds is 5. The Bertz CT molecular complexity index is 420. The summed E-state index contributed by atoms with van der Waals surface area (Å²) in [6.45, 7) is 0. The molecule has 1 atom stereocenters. The number of aliphatic carboxylic acids is 2. The maximum Gasteiger partial charge on any atom is 0.326 e. The van der Waals surface area contributed by atoms with Crippen molar-refractivity contribution in [3.8, 4) is 0 Å². The van der Waals surface area contributed by atoms with E-state index in [9.17, 15) is 14.4 Å². The molecule has 0 aromatic carbocycles. The van der Waals surface area contributed by atoms with Crippen LogP contribution in [0.15, 0.2) is 0 Å². The molecule has 1 aromatic heterocycles. The number of amides is 2. The molecule has 0 radical (unpaired) electrons. The molecule has 0 spiro atoms. The third kappa shape index (κ3) is 4.38. The number of nitrogens with zero attached hydrogens (tertiary/aromatic N) is 3. The quantitative estimate of drug-likeness (QED) is 0.525. The first kappa shape index (κ1) is 12.8. The normalized spacial score (nSPS) is 11.5. The summed E-state index contributed by atoms with van der Waals surface area (Å²) in [4.78, 5) is 32.2. The van der Waals surface area contributed by atoms with E-state index in [1.54, 1.807) is 0 Å². The first-order chi connectivity index (χ1) is 7.99. The van der Waals surface area contributed by atoms with Crippen LogP contribution < -0.4 is 10.6 Å². The van der Waals surface area contributed by atoms with Crippen molar-refractivity contribution < 1.29 is 24.6 Å². The van der Waals surface area contributed by atoms with Crippen LogP contribution in [0.4, 0.5) is 9.93 Å². The molecule has 1 aromatic rings. The number of carbonyl (C=O) groups is 3. The molecule has 0 saturated heterocycles. The highest BCUT2D eigenvalue weighted by molar-refractivity contribution is 7.09. The summed E-state index contributed by atoms with van der Waals surface area (Å²) in [5.41, 5.74) is 0. The van der Waals surface area contributed by atoms with Crippen LogP contribution in [-0.2, 0) is 9.59 Å². The minimum absolute atomic E-state index is 0.0713. The molecule has 0 aliphatic rings. The van der Waals surface area contributed by atoms with Crippen molar-refractivity contribution in [1.29, 1.82) is 0 Å². The number of carboxylic acid groups (broad SMARTS) is 2. The van der Waals surface area contributed by atoms with Crippen molar-refractivity contribution in [1.82, 2.24) is 20.1 Å². The van der Waals surface area contributed by atoms with Gasteiger partial charge in [-0.1, -0.05) is 9.59 Å². The van der Waals surface area contributed by atoms with Gasteiger partial charge in [-0.3, -0.25) is 10.1 Å². The van der Waals surface area contributed by atoms with Crippen LogP contribution in [0.5, 0.6) is 0 Å². The third-order valence-electron chi connectivity index (χ3n) is 1.50. The van der Waals surface area contributed by atoms with Crippen LogP contribution in [0.1, 0.15) is 6.42 Å². The van der Waals surface area contributed by atoms with Crippen molar-refractivity contribution in [2.24, 2.45) is 0 Å². The van der Waals surface area contributed by atoms with Gasteiger partial charge in [0.2, 0.25) is 5.13 Å². The summed E-state index contributed by atoms with van der Waals surface area (Å²) in [5.74, 6) is -2.78. The molecular formula is C6H7N5O5S. The summed E-state index contributed by atoms with van der Waals surface area (Å²) < 4.78 is 3.37. The van der Waals surface area contributed by atoms with Gasteiger partial charge in [0.15, 0.2) is 0 Å². The maximum absolute atomic E-state index is 11.2. The molecule has 11 heteroatoms. The van der Waals surface area contributed by atoms with E-state index in [1.165, 1.54) is 0 Å². The second kappa shape index (κ2) is 5.69. The lowest BCUT2D eigenvalue weighted by Crippen LogP contribution is -2.44. The van der Waals surface area contributed by atoms with Crippen LogP contribution in [0, 0.1) is 0 Å². The number of hydrogen-bond donors (Lipinski definition) is 4. The Kier molecular flexibility index (Phi) is 4.28. The fourth-order valence-corrected chi connectivity index (χ4v) is 1.21. The van der Waals surface area contributed by atoms with E-state index in [1.807, 2.05) is 5.32 Å². The molecule has 0 saturated carbocycles. The minimum atomic E-state index is -1.52. The SMILES string of the molecule is O=C(O)C[C@H](NC(=O)Nc1nnns1)C(=O)O. The van der Waals surface area contributed by atoms with Crippen LogP contribution in [0.2, 0.25) is 0 Å². The average Bonchev–Trinajstić information content (AvgIpc) is 2.68. The van der Waals surface area contributed by atoms with Crippen LogP contribution in [0.25, 0.3) is 0 Å². The van der Waals surface area contributed by atoms with Gasteiger partial charge >= 0.3 is 18.0 Å². The van der Waals surface area contributed by atoms with Gasteiger partial charge in [-0.15, -0.1) is 0 Å². The van der Waals surface area contributed by atoms with Crippen LogP contribution in [0.3, 0.4) is 0 Å². The number of hydrogen-bond acceptors (Lipinski definition) is 7. The van der Waals surface area contributed by atoms with Gasteiger partial charge in [-0.25, -0.2) is 9.59 Å². The predicted molar refractivity (Wildman–Crippen MR) is 53.5 cm³/mol. The Morgan fingerprint density at radius 1 is 1.35 bits per heavy atom. The zero-order chi connectivity index (χ0) is 12.8. The molecule has 2 amide bonds. The van der Waals surface area contributed by atoms with E-state index < -0.39 is 30.4 Å². The van der Waals surface area contributed by atoms with Gasteiger partial charge in [0.25, 0.3) is 0 Å². The van der Waals surface area contributed by atoms with Gasteiger partial charge in [0, 0.05) is 11.5 Å². The zero-order valence-electron chi connectivity index (χ0n) is 8.15. The van der Waals surface area contributed by atoms with Gasteiger partial charge in [-0.2, -0.15) is 0 Å². The van der Waals surface area contributed by atoms with E-state index in [-0.39, 0.29) is 5.13 Å². The van der Waals surface area contributed by atoms with Crippen molar-refractivity contribution in [2.45, 2.75) is 12.5 Å². The number of urea groups is 1. The maximum atomic E-state index is 11.2. The van der Waals surface area contributed by atoms with E-state index in [2.05, 4.69) is 20.1 Å².